The zero-order chi connectivity index (χ0) is 22.4. The predicted molar refractivity (Wildman–Crippen MR) is 118 cm³/mol. The molecule has 2 atom stereocenters. The first-order chi connectivity index (χ1) is 15.5. The molecule has 0 bridgehead atoms. The first-order valence-corrected chi connectivity index (χ1v) is 10.6. The van der Waals surface area contributed by atoms with Gasteiger partial charge in [-0.15, -0.1) is 11.3 Å². The molecular formula is C23H17N3O5S. The second-order valence-corrected chi connectivity index (χ2v) is 8.32. The molecule has 1 fully saturated rings. The molecule has 0 N–H and O–H groups in total. The standard InChI is InChI=1S/C23H17N3O5S/c1-12-20(32-21(24-12)13-6-4-3-5-7-13)18(27)17-16-19(31-25-17)23(29)26(22(16)28)14-8-10-15(30-2)11-9-14/h3-11,16,19H,1-2H3. The van der Waals surface area contributed by atoms with E-state index in [0.717, 1.165) is 10.5 Å². The minimum absolute atomic E-state index is 0.0734. The van der Waals surface area contributed by atoms with Crippen molar-refractivity contribution in [3.05, 3.63) is 65.2 Å². The molecule has 0 saturated carbocycles. The Bertz CT molecular complexity index is 1270. The summed E-state index contributed by atoms with van der Waals surface area (Å²) in [5.74, 6) is -2.04. The van der Waals surface area contributed by atoms with Crippen molar-refractivity contribution in [2.24, 2.45) is 11.1 Å². The molecule has 3 aromatic rings. The molecule has 0 radical (unpaired) electrons. The van der Waals surface area contributed by atoms with Crippen molar-refractivity contribution in [1.29, 1.82) is 0 Å². The number of aryl methyl sites for hydroxylation is 1. The van der Waals surface area contributed by atoms with Crippen molar-refractivity contribution >= 4 is 40.3 Å². The quantitative estimate of drug-likeness (QED) is 0.440. The number of anilines is 1. The number of hydrogen-bond donors (Lipinski definition) is 0. The van der Waals surface area contributed by atoms with Crippen molar-refractivity contribution in [3.8, 4) is 16.3 Å². The molecule has 3 heterocycles. The molecule has 9 heteroatoms. The summed E-state index contributed by atoms with van der Waals surface area (Å²) in [5.41, 5.74) is 1.73. The van der Waals surface area contributed by atoms with Gasteiger partial charge in [-0.2, -0.15) is 0 Å². The minimum Gasteiger partial charge on any atom is -0.497 e. The van der Waals surface area contributed by atoms with Crippen LogP contribution in [0.1, 0.15) is 15.4 Å². The summed E-state index contributed by atoms with van der Waals surface area (Å²) in [4.78, 5) is 50.5. The maximum absolute atomic E-state index is 13.3. The van der Waals surface area contributed by atoms with Crippen molar-refractivity contribution in [1.82, 2.24) is 4.98 Å². The van der Waals surface area contributed by atoms with E-state index in [9.17, 15) is 14.4 Å². The summed E-state index contributed by atoms with van der Waals surface area (Å²) < 4.78 is 5.12. The van der Waals surface area contributed by atoms with Crippen LogP contribution in [0.4, 0.5) is 5.69 Å². The van der Waals surface area contributed by atoms with Gasteiger partial charge in [0.25, 0.3) is 5.91 Å². The molecule has 2 aliphatic heterocycles. The molecule has 2 aromatic carbocycles. The molecule has 5 rings (SSSR count). The largest absolute Gasteiger partial charge is 0.497 e. The predicted octanol–water partition coefficient (Wildman–Crippen LogP) is 3.25. The third-order valence-corrected chi connectivity index (χ3v) is 6.60. The zero-order valence-corrected chi connectivity index (χ0v) is 18.0. The number of nitrogens with zero attached hydrogens (tertiary/aromatic N) is 3. The molecule has 32 heavy (non-hydrogen) atoms. The van der Waals surface area contributed by atoms with Crippen LogP contribution in [-0.4, -0.2) is 41.5 Å². The lowest BCUT2D eigenvalue weighted by Crippen LogP contribution is -2.34. The summed E-state index contributed by atoms with van der Waals surface area (Å²) in [6.07, 6.45) is -1.15. The molecule has 0 spiro atoms. The van der Waals surface area contributed by atoms with Gasteiger partial charge in [0.1, 0.15) is 22.4 Å². The number of thiazole rings is 1. The fourth-order valence-electron chi connectivity index (χ4n) is 3.78. The van der Waals surface area contributed by atoms with E-state index in [1.807, 2.05) is 30.3 Å². The number of oxime groups is 1. The average Bonchev–Trinajstić information content (AvgIpc) is 3.49. The third kappa shape index (κ3) is 3.09. The molecular weight excluding hydrogens is 430 g/mol. The number of ether oxygens (including phenoxy) is 1. The van der Waals surface area contributed by atoms with E-state index in [4.69, 9.17) is 9.57 Å². The Balaban J connectivity index is 1.44. The molecule has 0 aliphatic carbocycles. The van der Waals surface area contributed by atoms with Crippen LogP contribution >= 0.6 is 11.3 Å². The number of methoxy groups -OCH3 is 1. The Labute approximate surface area is 187 Å². The number of imide groups is 1. The number of ketones is 1. The van der Waals surface area contributed by atoms with Gasteiger partial charge in [-0.1, -0.05) is 35.5 Å². The van der Waals surface area contributed by atoms with Crippen LogP contribution in [0.3, 0.4) is 0 Å². The van der Waals surface area contributed by atoms with Crippen molar-refractivity contribution < 1.29 is 24.0 Å². The van der Waals surface area contributed by atoms with Gasteiger partial charge in [-0.05, 0) is 31.2 Å². The number of hydrogen-bond acceptors (Lipinski definition) is 8. The maximum atomic E-state index is 13.3. The molecule has 2 aliphatic rings. The smallest absolute Gasteiger partial charge is 0.278 e. The average molecular weight is 447 g/mol. The molecule has 160 valence electrons. The number of carbonyl (C=O) groups excluding carboxylic acids is 3. The number of benzene rings is 2. The van der Waals surface area contributed by atoms with Gasteiger partial charge in [0.2, 0.25) is 17.8 Å². The SMILES string of the molecule is COc1ccc(N2C(=O)C3ON=C(C(=O)c4sc(-c5ccccc5)nc4C)C3C2=O)cc1. The van der Waals surface area contributed by atoms with E-state index in [1.54, 1.807) is 31.2 Å². The Morgan fingerprint density at radius 1 is 1.06 bits per heavy atom. The second kappa shape index (κ2) is 7.69. The lowest BCUT2D eigenvalue weighted by atomic mass is 9.96. The van der Waals surface area contributed by atoms with Crippen LogP contribution < -0.4 is 9.64 Å². The lowest BCUT2D eigenvalue weighted by Gasteiger charge is -2.15. The molecule has 1 saturated heterocycles. The molecule has 1 aromatic heterocycles. The number of amides is 2. The number of rotatable bonds is 5. The molecule has 8 nitrogen and oxygen atoms in total. The molecule has 2 unspecified atom stereocenters. The highest BCUT2D eigenvalue weighted by molar-refractivity contribution is 7.18. The Morgan fingerprint density at radius 3 is 2.47 bits per heavy atom. The Hall–Kier alpha value is -3.85. The van der Waals surface area contributed by atoms with E-state index in [1.165, 1.54) is 18.4 Å². The van der Waals surface area contributed by atoms with Crippen molar-refractivity contribution in [3.63, 3.8) is 0 Å². The van der Waals surface area contributed by atoms with Crippen LogP contribution in [0.2, 0.25) is 0 Å². The van der Waals surface area contributed by atoms with E-state index < -0.39 is 29.6 Å². The monoisotopic (exact) mass is 447 g/mol. The first-order valence-electron chi connectivity index (χ1n) is 9.82. The number of carbonyl (C=O) groups is 3. The topological polar surface area (TPSA) is 98.2 Å². The highest BCUT2D eigenvalue weighted by Gasteiger charge is 2.57. The highest BCUT2D eigenvalue weighted by atomic mass is 32.1. The first kappa shape index (κ1) is 20.1. The fourth-order valence-corrected chi connectivity index (χ4v) is 4.80. The maximum Gasteiger partial charge on any atom is 0.278 e. The summed E-state index contributed by atoms with van der Waals surface area (Å²) in [7, 11) is 1.53. The Morgan fingerprint density at radius 2 is 1.78 bits per heavy atom. The van der Waals surface area contributed by atoms with E-state index >= 15 is 0 Å². The van der Waals surface area contributed by atoms with Crippen LogP contribution in [0, 0.1) is 12.8 Å². The highest BCUT2D eigenvalue weighted by Crippen LogP contribution is 2.36. The van der Waals surface area contributed by atoms with Crippen LogP contribution in [0.25, 0.3) is 10.6 Å². The van der Waals surface area contributed by atoms with Gasteiger partial charge in [0.05, 0.1) is 23.4 Å². The number of aromatic nitrogens is 1. The van der Waals surface area contributed by atoms with Gasteiger partial charge < -0.3 is 9.57 Å². The minimum atomic E-state index is -1.15. The van der Waals surface area contributed by atoms with Crippen LogP contribution in [0.15, 0.2) is 59.8 Å². The lowest BCUT2D eigenvalue weighted by molar-refractivity contribution is -0.126. The zero-order valence-electron chi connectivity index (χ0n) is 17.1. The summed E-state index contributed by atoms with van der Waals surface area (Å²) in [6.45, 7) is 1.73. The normalized spacial score (nSPS) is 19.6. The third-order valence-electron chi connectivity index (χ3n) is 5.40. The van der Waals surface area contributed by atoms with Crippen LogP contribution in [-0.2, 0) is 14.4 Å². The second-order valence-electron chi connectivity index (χ2n) is 7.32. The van der Waals surface area contributed by atoms with Gasteiger partial charge in [-0.3, -0.25) is 14.4 Å². The van der Waals surface area contributed by atoms with Crippen molar-refractivity contribution in [2.45, 2.75) is 13.0 Å². The molecule has 2 amide bonds. The van der Waals surface area contributed by atoms with E-state index in [0.29, 0.717) is 27.0 Å². The number of fused-ring (bicyclic) bond motifs is 1. The van der Waals surface area contributed by atoms with Crippen LogP contribution in [0.5, 0.6) is 5.75 Å². The number of Topliss-reactive ketones (excluding diaryl/α,β-unsaturated/α-hetero) is 1. The van der Waals surface area contributed by atoms with Crippen molar-refractivity contribution in [2.75, 3.05) is 12.0 Å². The van der Waals surface area contributed by atoms with Gasteiger partial charge in [0.15, 0.2) is 0 Å². The van der Waals surface area contributed by atoms with Gasteiger partial charge >= 0.3 is 0 Å². The van der Waals surface area contributed by atoms with Gasteiger partial charge in [0, 0.05) is 5.56 Å². The Kier molecular flexibility index (Phi) is 4.82. The summed E-state index contributed by atoms with van der Waals surface area (Å²) >= 11 is 1.22. The van der Waals surface area contributed by atoms with Gasteiger partial charge in [-0.25, -0.2) is 9.88 Å². The fraction of sp³-hybridized carbons (Fsp3) is 0.174. The summed E-state index contributed by atoms with van der Waals surface area (Å²) in [6, 6.07) is 16.0. The summed E-state index contributed by atoms with van der Waals surface area (Å²) in [5, 5.41) is 4.52. The van der Waals surface area contributed by atoms with E-state index in [2.05, 4.69) is 10.1 Å². The van der Waals surface area contributed by atoms with E-state index in [-0.39, 0.29) is 5.71 Å².